The number of halogens is 2. The number of methoxy groups -OCH3 is 1. The van der Waals surface area contributed by atoms with E-state index in [4.69, 9.17) is 10.5 Å². The molecule has 1 aromatic carbocycles. The van der Waals surface area contributed by atoms with E-state index in [2.05, 4.69) is 0 Å². The van der Waals surface area contributed by atoms with Gasteiger partial charge in [0.1, 0.15) is 5.75 Å². The summed E-state index contributed by atoms with van der Waals surface area (Å²) in [6.07, 6.45) is -2.44. The van der Waals surface area contributed by atoms with Gasteiger partial charge in [0, 0.05) is 6.54 Å². The fourth-order valence-corrected chi connectivity index (χ4v) is 1.26. The van der Waals surface area contributed by atoms with Crippen molar-refractivity contribution in [2.45, 2.75) is 12.3 Å². The van der Waals surface area contributed by atoms with Gasteiger partial charge >= 0.3 is 0 Å². The number of hydrogen-bond acceptors (Lipinski definition) is 2. The molecule has 78 valence electrons. The van der Waals surface area contributed by atoms with Gasteiger partial charge in [0.15, 0.2) is 0 Å². The van der Waals surface area contributed by atoms with E-state index in [0.717, 1.165) is 0 Å². The molecule has 1 atom stereocenters. The van der Waals surface area contributed by atoms with E-state index in [0.29, 0.717) is 11.3 Å². The molecule has 0 aliphatic rings. The van der Waals surface area contributed by atoms with Crippen molar-refractivity contribution in [3.8, 4) is 5.75 Å². The molecule has 0 spiro atoms. The first-order chi connectivity index (χ1) is 6.69. The summed E-state index contributed by atoms with van der Waals surface area (Å²) in [5.74, 6) is -0.341. The van der Waals surface area contributed by atoms with Crippen LogP contribution in [0.25, 0.3) is 0 Å². The molecule has 4 heteroatoms. The molecule has 14 heavy (non-hydrogen) atoms. The van der Waals surface area contributed by atoms with Crippen LogP contribution in [0.1, 0.15) is 11.5 Å². The lowest BCUT2D eigenvalue weighted by Crippen LogP contribution is -2.19. The molecule has 0 radical (unpaired) electrons. The zero-order valence-electron chi connectivity index (χ0n) is 7.91. The highest BCUT2D eigenvalue weighted by molar-refractivity contribution is 5.31. The second-order valence-corrected chi connectivity index (χ2v) is 2.95. The minimum Gasteiger partial charge on any atom is -0.497 e. The minimum atomic E-state index is -2.44. The van der Waals surface area contributed by atoms with Crippen molar-refractivity contribution in [3.05, 3.63) is 29.8 Å². The highest BCUT2D eigenvalue weighted by Crippen LogP contribution is 2.25. The van der Waals surface area contributed by atoms with Gasteiger partial charge in [0.2, 0.25) is 6.43 Å². The van der Waals surface area contributed by atoms with Gasteiger partial charge in [0.25, 0.3) is 0 Å². The second-order valence-electron chi connectivity index (χ2n) is 2.95. The lowest BCUT2D eigenvalue weighted by Gasteiger charge is -2.14. The van der Waals surface area contributed by atoms with E-state index in [9.17, 15) is 8.78 Å². The van der Waals surface area contributed by atoms with Crippen molar-refractivity contribution in [2.75, 3.05) is 13.7 Å². The van der Waals surface area contributed by atoms with Crippen molar-refractivity contribution in [3.63, 3.8) is 0 Å². The third-order valence-corrected chi connectivity index (χ3v) is 2.08. The molecule has 0 saturated carbocycles. The Hall–Kier alpha value is -1.16. The Labute approximate surface area is 81.7 Å². The first kappa shape index (κ1) is 10.9. The predicted molar refractivity (Wildman–Crippen MR) is 50.8 cm³/mol. The number of hydrogen-bond donors (Lipinski definition) is 1. The molecule has 1 aromatic rings. The standard InChI is InChI=1S/C10H13F2NO/c1-14-8-4-2-3-7(5-8)9(6-13)10(11)12/h2-5,9-10H,6,13H2,1H3. The number of rotatable bonds is 4. The third kappa shape index (κ3) is 2.42. The van der Waals surface area contributed by atoms with Crippen LogP contribution in [0.4, 0.5) is 8.78 Å². The van der Waals surface area contributed by atoms with Crippen molar-refractivity contribution < 1.29 is 13.5 Å². The normalized spacial score (nSPS) is 12.9. The SMILES string of the molecule is COc1cccc(C(CN)C(F)F)c1. The molecular formula is C10H13F2NO. The number of nitrogens with two attached hydrogens (primary N) is 1. The van der Waals surface area contributed by atoms with Crippen molar-refractivity contribution in [1.82, 2.24) is 0 Å². The van der Waals surface area contributed by atoms with Crippen LogP contribution in [-0.2, 0) is 0 Å². The molecule has 0 amide bonds. The van der Waals surface area contributed by atoms with Crippen LogP contribution in [0.5, 0.6) is 5.75 Å². The summed E-state index contributed by atoms with van der Waals surface area (Å²) >= 11 is 0. The largest absolute Gasteiger partial charge is 0.497 e. The van der Waals surface area contributed by atoms with Crippen LogP contribution < -0.4 is 10.5 Å². The van der Waals surface area contributed by atoms with Gasteiger partial charge in [-0.25, -0.2) is 8.78 Å². The molecule has 0 aliphatic heterocycles. The zero-order chi connectivity index (χ0) is 10.6. The van der Waals surface area contributed by atoms with Crippen molar-refractivity contribution in [2.24, 2.45) is 5.73 Å². The molecule has 1 unspecified atom stereocenters. The predicted octanol–water partition coefficient (Wildman–Crippen LogP) is 2.00. The van der Waals surface area contributed by atoms with E-state index < -0.39 is 12.3 Å². The lowest BCUT2D eigenvalue weighted by atomic mass is 10.00. The van der Waals surface area contributed by atoms with Crippen LogP contribution in [0.3, 0.4) is 0 Å². The van der Waals surface area contributed by atoms with Gasteiger partial charge in [-0.15, -0.1) is 0 Å². The molecule has 0 saturated heterocycles. The van der Waals surface area contributed by atoms with Crippen LogP contribution in [-0.4, -0.2) is 20.1 Å². The minimum absolute atomic E-state index is 0.0646. The Morgan fingerprint density at radius 3 is 2.64 bits per heavy atom. The van der Waals surface area contributed by atoms with Crippen LogP contribution in [0.2, 0.25) is 0 Å². The summed E-state index contributed by atoms with van der Waals surface area (Å²) in [7, 11) is 1.50. The Kier molecular flexibility index (Phi) is 3.83. The van der Waals surface area contributed by atoms with Crippen molar-refractivity contribution >= 4 is 0 Å². The summed E-state index contributed by atoms with van der Waals surface area (Å²) in [6.45, 7) is -0.0646. The van der Waals surface area contributed by atoms with Crippen LogP contribution >= 0.6 is 0 Å². The Morgan fingerprint density at radius 1 is 1.43 bits per heavy atom. The Bertz CT molecular complexity index is 291. The number of ether oxygens (including phenoxy) is 1. The smallest absolute Gasteiger partial charge is 0.246 e. The highest BCUT2D eigenvalue weighted by Gasteiger charge is 2.20. The molecule has 0 heterocycles. The van der Waals surface area contributed by atoms with E-state index >= 15 is 0 Å². The first-order valence-corrected chi connectivity index (χ1v) is 4.31. The molecule has 0 fully saturated rings. The Morgan fingerprint density at radius 2 is 2.14 bits per heavy atom. The van der Waals surface area contributed by atoms with Gasteiger partial charge < -0.3 is 10.5 Å². The fourth-order valence-electron chi connectivity index (χ4n) is 1.26. The lowest BCUT2D eigenvalue weighted by molar-refractivity contribution is 0.117. The number of benzene rings is 1. The highest BCUT2D eigenvalue weighted by atomic mass is 19.3. The van der Waals surface area contributed by atoms with E-state index in [1.165, 1.54) is 7.11 Å². The second kappa shape index (κ2) is 4.91. The molecule has 0 aromatic heterocycles. The average molecular weight is 201 g/mol. The molecule has 0 aliphatic carbocycles. The summed E-state index contributed by atoms with van der Waals surface area (Å²) in [5, 5.41) is 0. The van der Waals surface area contributed by atoms with E-state index in [1.807, 2.05) is 0 Å². The van der Waals surface area contributed by atoms with Crippen molar-refractivity contribution in [1.29, 1.82) is 0 Å². The monoisotopic (exact) mass is 201 g/mol. The van der Waals surface area contributed by atoms with E-state index in [-0.39, 0.29) is 6.54 Å². The van der Waals surface area contributed by atoms with E-state index in [1.54, 1.807) is 24.3 Å². The molecule has 2 nitrogen and oxygen atoms in total. The molecule has 1 rings (SSSR count). The maximum atomic E-state index is 12.5. The van der Waals surface area contributed by atoms with Crippen LogP contribution in [0, 0.1) is 0 Å². The quantitative estimate of drug-likeness (QED) is 0.808. The zero-order valence-corrected chi connectivity index (χ0v) is 7.91. The Balaban J connectivity index is 2.92. The van der Waals surface area contributed by atoms with Gasteiger partial charge in [-0.2, -0.15) is 0 Å². The summed E-state index contributed by atoms with van der Waals surface area (Å²) < 4.78 is 29.9. The maximum Gasteiger partial charge on any atom is 0.246 e. The molecule has 2 N–H and O–H groups in total. The third-order valence-electron chi connectivity index (χ3n) is 2.08. The average Bonchev–Trinajstić information content (AvgIpc) is 2.19. The first-order valence-electron chi connectivity index (χ1n) is 4.31. The molecular weight excluding hydrogens is 188 g/mol. The number of alkyl halides is 2. The van der Waals surface area contributed by atoms with Crippen LogP contribution in [0.15, 0.2) is 24.3 Å². The van der Waals surface area contributed by atoms with Gasteiger partial charge in [0.05, 0.1) is 13.0 Å². The fraction of sp³-hybridized carbons (Fsp3) is 0.400. The summed E-state index contributed by atoms with van der Waals surface area (Å²) in [5.41, 5.74) is 5.79. The van der Waals surface area contributed by atoms with Gasteiger partial charge in [-0.3, -0.25) is 0 Å². The molecule has 0 bridgehead atoms. The maximum absolute atomic E-state index is 12.5. The van der Waals surface area contributed by atoms with Gasteiger partial charge in [-0.05, 0) is 17.7 Å². The van der Waals surface area contributed by atoms with Gasteiger partial charge in [-0.1, -0.05) is 12.1 Å². The topological polar surface area (TPSA) is 35.2 Å². The summed E-state index contributed by atoms with van der Waals surface area (Å²) in [6, 6.07) is 6.61. The summed E-state index contributed by atoms with van der Waals surface area (Å²) in [4.78, 5) is 0.